The van der Waals surface area contributed by atoms with Gasteiger partial charge in [0.25, 0.3) is 0 Å². The summed E-state index contributed by atoms with van der Waals surface area (Å²) in [6, 6.07) is 6.14. The van der Waals surface area contributed by atoms with Gasteiger partial charge in [-0.25, -0.2) is 4.39 Å². The van der Waals surface area contributed by atoms with Crippen LogP contribution in [0.3, 0.4) is 0 Å². The molecule has 100 valence electrons. The Kier molecular flexibility index (Phi) is 5.47. The predicted octanol–water partition coefficient (Wildman–Crippen LogP) is 2.69. The largest absolute Gasteiger partial charge is 0.388 e. The number of halogens is 1. The summed E-state index contributed by atoms with van der Waals surface area (Å²) in [5, 5.41) is 10.1. The highest BCUT2D eigenvalue weighted by Gasteiger charge is 2.12. The standard InChI is InChI=1S/C14H20FNOS/c15-13-4-2-12(3-5-13)14(17)6-8-16-7-1-10-18-11-9-16/h2-5,14,17H,1,6-11H2. The summed E-state index contributed by atoms with van der Waals surface area (Å²) in [7, 11) is 0. The molecule has 2 nitrogen and oxygen atoms in total. The first-order valence-electron chi connectivity index (χ1n) is 6.49. The van der Waals surface area contributed by atoms with E-state index in [2.05, 4.69) is 4.90 Å². The third kappa shape index (κ3) is 4.26. The second-order valence-corrected chi connectivity index (χ2v) is 5.89. The van der Waals surface area contributed by atoms with E-state index < -0.39 is 6.10 Å². The summed E-state index contributed by atoms with van der Waals surface area (Å²) >= 11 is 2.01. The molecule has 2 rings (SSSR count). The molecule has 0 aliphatic carbocycles. The van der Waals surface area contributed by atoms with Crippen molar-refractivity contribution >= 4 is 11.8 Å². The van der Waals surface area contributed by atoms with Crippen LogP contribution in [0.25, 0.3) is 0 Å². The molecule has 1 aliphatic heterocycles. The zero-order chi connectivity index (χ0) is 12.8. The predicted molar refractivity (Wildman–Crippen MR) is 74.4 cm³/mol. The van der Waals surface area contributed by atoms with Gasteiger partial charge in [-0.05, 0) is 42.8 Å². The van der Waals surface area contributed by atoms with Gasteiger partial charge in [-0.2, -0.15) is 11.8 Å². The van der Waals surface area contributed by atoms with Gasteiger partial charge in [0.05, 0.1) is 6.10 Å². The third-order valence-electron chi connectivity index (χ3n) is 3.29. The smallest absolute Gasteiger partial charge is 0.123 e. The van der Waals surface area contributed by atoms with Crippen molar-refractivity contribution in [2.75, 3.05) is 31.1 Å². The van der Waals surface area contributed by atoms with Crippen LogP contribution in [0.4, 0.5) is 4.39 Å². The van der Waals surface area contributed by atoms with E-state index in [0.717, 1.165) is 31.6 Å². The average Bonchev–Trinajstić information content (AvgIpc) is 2.65. The van der Waals surface area contributed by atoms with Crippen molar-refractivity contribution < 1.29 is 9.50 Å². The van der Waals surface area contributed by atoms with E-state index in [1.165, 1.54) is 30.1 Å². The fourth-order valence-electron chi connectivity index (χ4n) is 2.18. The highest BCUT2D eigenvalue weighted by atomic mass is 32.2. The molecule has 0 aromatic heterocycles. The number of benzene rings is 1. The van der Waals surface area contributed by atoms with E-state index in [0.29, 0.717) is 0 Å². The maximum atomic E-state index is 12.8. The molecule has 1 unspecified atom stereocenters. The number of hydrogen-bond donors (Lipinski definition) is 1. The summed E-state index contributed by atoms with van der Waals surface area (Å²) in [6.45, 7) is 3.16. The van der Waals surface area contributed by atoms with Crippen LogP contribution in [0, 0.1) is 5.82 Å². The minimum atomic E-state index is -0.485. The van der Waals surface area contributed by atoms with Crippen molar-refractivity contribution in [2.45, 2.75) is 18.9 Å². The van der Waals surface area contributed by atoms with Gasteiger partial charge in [0.2, 0.25) is 0 Å². The zero-order valence-corrected chi connectivity index (χ0v) is 11.3. The molecule has 1 atom stereocenters. The minimum Gasteiger partial charge on any atom is -0.388 e. The summed E-state index contributed by atoms with van der Waals surface area (Å²) in [5.74, 6) is 2.18. The van der Waals surface area contributed by atoms with Gasteiger partial charge in [-0.3, -0.25) is 0 Å². The first kappa shape index (κ1) is 13.8. The zero-order valence-electron chi connectivity index (χ0n) is 10.5. The van der Waals surface area contributed by atoms with Crippen LogP contribution in [-0.2, 0) is 0 Å². The van der Waals surface area contributed by atoms with Crippen molar-refractivity contribution in [3.8, 4) is 0 Å². The maximum Gasteiger partial charge on any atom is 0.123 e. The normalized spacial score (nSPS) is 19.4. The Balaban J connectivity index is 1.80. The molecule has 1 N–H and O–H groups in total. The number of hydrogen-bond acceptors (Lipinski definition) is 3. The van der Waals surface area contributed by atoms with Gasteiger partial charge in [0.1, 0.15) is 5.82 Å². The Bertz CT molecular complexity index is 349. The Hall–Kier alpha value is -0.580. The lowest BCUT2D eigenvalue weighted by Gasteiger charge is -2.21. The van der Waals surface area contributed by atoms with Gasteiger partial charge in [0.15, 0.2) is 0 Å². The van der Waals surface area contributed by atoms with E-state index >= 15 is 0 Å². The van der Waals surface area contributed by atoms with Gasteiger partial charge >= 0.3 is 0 Å². The molecule has 4 heteroatoms. The molecule has 1 heterocycles. The molecule has 1 saturated heterocycles. The van der Waals surface area contributed by atoms with Gasteiger partial charge in [0, 0.05) is 18.8 Å². The van der Waals surface area contributed by atoms with Crippen LogP contribution in [-0.4, -0.2) is 41.1 Å². The Morgan fingerprint density at radius 3 is 2.78 bits per heavy atom. The quantitative estimate of drug-likeness (QED) is 0.909. The van der Waals surface area contributed by atoms with Crippen molar-refractivity contribution in [3.05, 3.63) is 35.6 Å². The SMILES string of the molecule is OC(CCN1CCCSCC1)c1ccc(F)cc1. The Morgan fingerprint density at radius 1 is 1.22 bits per heavy atom. The Morgan fingerprint density at radius 2 is 2.00 bits per heavy atom. The van der Waals surface area contributed by atoms with E-state index in [-0.39, 0.29) is 5.82 Å². The monoisotopic (exact) mass is 269 g/mol. The molecule has 0 saturated carbocycles. The first-order valence-corrected chi connectivity index (χ1v) is 7.65. The second-order valence-electron chi connectivity index (χ2n) is 4.66. The number of aliphatic hydroxyl groups excluding tert-OH is 1. The second kappa shape index (κ2) is 7.12. The van der Waals surface area contributed by atoms with E-state index in [1.54, 1.807) is 12.1 Å². The van der Waals surface area contributed by atoms with Crippen LogP contribution in [0.5, 0.6) is 0 Å². The topological polar surface area (TPSA) is 23.5 Å². The molecule has 1 aromatic rings. The van der Waals surface area contributed by atoms with E-state index in [9.17, 15) is 9.50 Å². The van der Waals surface area contributed by atoms with Crippen LogP contribution < -0.4 is 0 Å². The van der Waals surface area contributed by atoms with Crippen molar-refractivity contribution in [3.63, 3.8) is 0 Å². The number of nitrogens with zero attached hydrogens (tertiary/aromatic N) is 1. The van der Waals surface area contributed by atoms with Crippen LogP contribution in [0.1, 0.15) is 24.5 Å². The van der Waals surface area contributed by atoms with Crippen LogP contribution in [0.15, 0.2) is 24.3 Å². The fourth-order valence-corrected chi connectivity index (χ4v) is 3.10. The van der Waals surface area contributed by atoms with Crippen molar-refractivity contribution in [1.29, 1.82) is 0 Å². The van der Waals surface area contributed by atoms with Gasteiger partial charge in [-0.1, -0.05) is 12.1 Å². The van der Waals surface area contributed by atoms with Crippen molar-refractivity contribution in [1.82, 2.24) is 4.90 Å². The summed E-state index contributed by atoms with van der Waals surface area (Å²) in [6.07, 6.45) is 1.47. The third-order valence-corrected chi connectivity index (χ3v) is 4.34. The molecule has 0 radical (unpaired) electrons. The lowest BCUT2D eigenvalue weighted by molar-refractivity contribution is 0.144. The highest BCUT2D eigenvalue weighted by molar-refractivity contribution is 7.99. The highest BCUT2D eigenvalue weighted by Crippen LogP contribution is 2.18. The molecular weight excluding hydrogens is 249 g/mol. The average molecular weight is 269 g/mol. The molecule has 1 aromatic carbocycles. The lowest BCUT2D eigenvalue weighted by Crippen LogP contribution is -2.28. The van der Waals surface area contributed by atoms with Crippen LogP contribution >= 0.6 is 11.8 Å². The summed E-state index contributed by atoms with van der Waals surface area (Å²) < 4.78 is 12.8. The fraction of sp³-hybridized carbons (Fsp3) is 0.571. The van der Waals surface area contributed by atoms with E-state index in [1.807, 2.05) is 11.8 Å². The lowest BCUT2D eigenvalue weighted by atomic mass is 10.1. The molecule has 18 heavy (non-hydrogen) atoms. The summed E-state index contributed by atoms with van der Waals surface area (Å²) in [5.41, 5.74) is 0.806. The molecular formula is C14H20FNOS. The summed E-state index contributed by atoms with van der Waals surface area (Å²) in [4.78, 5) is 2.41. The van der Waals surface area contributed by atoms with E-state index in [4.69, 9.17) is 0 Å². The molecule has 1 fully saturated rings. The number of rotatable bonds is 4. The molecule has 0 spiro atoms. The van der Waals surface area contributed by atoms with Gasteiger partial charge in [-0.15, -0.1) is 0 Å². The molecule has 0 amide bonds. The van der Waals surface area contributed by atoms with Gasteiger partial charge < -0.3 is 10.0 Å². The van der Waals surface area contributed by atoms with Crippen LogP contribution in [0.2, 0.25) is 0 Å². The maximum absolute atomic E-state index is 12.8. The van der Waals surface area contributed by atoms with Crippen molar-refractivity contribution in [2.24, 2.45) is 0 Å². The first-order chi connectivity index (χ1) is 8.75. The Labute approximate surface area is 112 Å². The number of aliphatic hydroxyl groups is 1. The minimum absolute atomic E-state index is 0.254. The molecule has 1 aliphatic rings. The molecule has 0 bridgehead atoms. The number of thioether (sulfide) groups is 1.